The molecule has 206 valence electrons. The molecular weight excluding hydrogens is 488 g/mol. The lowest BCUT2D eigenvalue weighted by molar-refractivity contribution is 0.0138. The summed E-state index contributed by atoms with van der Waals surface area (Å²) in [6.07, 6.45) is 15.8. The smallest absolute Gasteiger partial charge is 0.0888 e. The van der Waals surface area contributed by atoms with E-state index in [2.05, 4.69) is 70.5 Å². The van der Waals surface area contributed by atoms with Gasteiger partial charge in [-0.25, -0.2) is 0 Å². The summed E-state index contributed by atoms with van der Waals surface area (Å²) in [7, 11) is 0. The molecule has 0 spiro atoms. The van der Waals surface area contributed by atoms with Crippen molar-refractivity contribution in [2.24, 2.45) is 0 Å². The molecule has 1 aliphatic heterocycles. The second-order valence-corrected chi connectivity index (χ2v) is 9.79. The van der Waals surface area contributed by atoms with Crippen LogP contribution in [0.1, 0.15) is 47.7 Å². The van der Waals surface area contributed by atoms with E-state index in [0.717, 1.165) is 49.4 Å². The number of hydrogen-bond donors (Lipinski definition) is 1. The first-order chi connectivity index (χ1) is 19.2. The fourth-order valence-electron chi connectivity index (χ4n) is 4.39. The van der Waals surface area contributed by atoms with Crippen molar-refractivity contribution in [2.75, 3.05) is 39.6 Å². The molecule has 1 atom stereocenters. The molecule has 7 heteroatoms. The van der Waals surface area contributed by atoms with Gasteiger partial charge in [-0.1, -0.05) is 6.08 Å². The maximum Gasteiger partial charge on any atom is 0.0888 e. The van der Waals surface area contributed by atoms with Crippen LogP contribution < -0.4 is 5.32 Å². The average molecular weight is 529 g/mol. The van der Waals surface area contributed by atoms with Gasteiger partial charge in [-0.3, -0.25) is 15.0 Å². The van der Waals surface area contributed by atoms with Crippen LogP contribution in [0.15, 0.2) is 78.9 Å². The molecule has 7 nitrogen and oxygen atoms in total. The van der Waals surface area contributed by atoms with Gasteiger partial charge in [0.25, 0.3) is 0 Å². The average Bonchev–Trinajstić information content (AvgIpc) is 2.96. The van der Waals surface area contributed by atoms with Crippen LogP contribution >= 0.6 is 0 Å². The highest BCUT2D eigenvalue weighted by Gasteiger charge is 2.12. The van der Waals surface area contributed by atoms with Gasteiger partial charge in [-0.05, 0) is 110 Å². The predicted molar refractivity (Wildman–Crippen MR) is 154 cm³/mol. The number of nitrogens with one attached hydrogen (secondary N) is 1. The van der Waals surface area contributed by atoms with Crippen LogP contribution in [0, 0.1) is 13.8 Å². The molecule has 0 saturated heterocycles. The van der Waals surface area contributed by atoms with Crippen LogP contribution in [-0.2, 0) is 20.6 Å². The molecular formula is C32H40N4O3. The fourth-order valence-corrected chi connectivity index (χ4v) is 4.39. The van der Waals surface area contributed by atoms with Crippen molar-refractivity contribution in [1.82, 2.24) is 20.3 Å². The summed E-state index contributed by atoms with van der Waals surface area (Å²) in [6.45, 7) is 7.96. The summed E-state index contributed by atoms with van der Waals surface area (Å²) in [5.41, 5.74) is 7.84. The lowest BCUT2D eigenvalue weighted by Gasteiger charge is -2.19. The maximum atomic E-state index is 5.74. The Morgan fingerprint density at radius 2 is 1.31 bits per heavy atom. The number of pyridine rings is 3. The summed E-state index contributed by atoms with van der Waals surface area (Å²) in [4.78, 5) is 13.4. The van der Waals surface area contributed by atoms with E-state index in [1.807, 2.05) is 36.9 Å². The Labute approximate surface area is 232 Å². The van der Waals surface area contributed by atoms with Crippen LogP contribution in [0.5, 0.6) is 0 Å². The Kier molecular flexibility index (Phi) is 11.7. The minimum atomic E-state index is 0.131. The highest BCUT2D eigenvalue weighted by Crippen LogP contribution is 2.21. The zero-order valence-corrected chi connectivity index (χ0v) is 23.1. The zero-order chi connectivity index (χ0) is 27.1. The Bertz CT molecular complexity index is 1230. The molecule has 1 unspecified atom stereocenters. The van der Waals surface area contributed by atoms with Crippen molar-refractivity contribution in [3.05, 3.63) is 101 Å². The first-order valence-corrected chi connectivity index (χ1v) is 13.8. The van der Waals surface area contributed by atoms with E-state index >= 15 is 0 Å². The number of nitrogens with zero attached hydrogens (tertiary/aromatic N) is 3. The topological polar surface area (TPSA) is 78.4 Å². The SMILES string of the molecule is Cc1ccnc(-c2cc(CCCOCCOCCOCCCC3=CC(c4cc(C)ccn4)NC=C3)ccn2)c1. The van der Waals surface area contributed by atoms with Crippen LogP contribution in [-0.4, -0.2) is 54.6 Å². The molecule has 0 saturated carbocycles. The molecule has 0 radical (unpaired) electrons. The molecule has 1 aliphatic rings. The number of rotatable bonds is 16. The van der Waals surface area contributed by atoms with E-state index in [-0.39, 0.29) is 6.04 Å². The standard InChI is InChI=1S/C32H40N4O3/c1-25-7-11-33-29(21-25)31-23-27(9-13-35-31)5-3-15-37-17-19-39-20-18-38-16-4-6-28-10-14-36-32(24-28)30-22-26(2)8-12-34-30/h7-14,21-24,31,35H,3-6,15-20H2,1-2H3. The third-order valence-electron chi connectivity index (χ3n) is 6.46. The van der Waals surface area contributed by atoms with E-state index in [1.165, 1.54) is 22.3 Å². The van der Waals surface area contributed by atoms with E-state index in [0.29, 0.717) is 33.0 Å². The minimum Gasteiger partial charge on any atom is -0.379 e. The highest BCUT2D eigenvalue weighted by molar-refractivity contribution is 5.55. The van der Waals surface area contributed by atoms with Crippen molar-refractivity contribution in [3.63, 3.8) is 0 Å². The van der Waals surface area contributed by atoms with E-state index < -0.39 is 0 Å². The molecule has 1 N–H and O–H groups in total. The summed E-state index contributed by atoms with van der Waals surface area (Å²) in [5, 5.41) is 3.37. The molecule has 39 heavy (non-hydrogen) atoms. The van der Waals surface area contributed by atoms with E-state index in [1.54, 1.807) is 0 Å². The van der Waals surface area contributed by atoms with E-state index in [4.69, 9.17) is 14.2 Å². The third kappa shape index (κ3) is 10.0. The number of allylic oxidation sites excluding steroid dienone is 2. The molecule has 3 aromatic heterocycles. The van der Waals surface area contributed by atoms with Gasteiger partial charge in [0, 0.05) is 31.8 Å². The zero-order valence-electron chi connectivity index (χ0n) is 23.1. The second kappa shape index (κ2) is 15.9. The van der Waals surface area contributed by atoms with Gasteiger partial charge in [0.15, 0.2) is 0 Å². The van der Waals surface area contributed by atoms with Crippen LogP contribution in [0.25, 0.3) is 11.4 Å². The Balaban J connectivity index is 0.988. The fraction of sp³-hybridized carbons (Fsp3) is 0.406. The van der Waals surface area contributed by atoms with Crippen LogP contribution in [0.4, 0.5) is 0 Å². The number of hydrogen-bond acceptors (Lipinski definition) is 7. The molecule has 4 heterocycles. The lowest BCUT2D eigenvalue weighted by Crippen LogP contribution is -2.18. The molecule has 0 bridgehead atoms. The molecule has 4 rings (SSSR count). The van der Waals surface area contributed by atoms with Gasteiger partial charge in [-0.15, -0.1) is 0 Å². The minimum absolute atomic E-state index is 0.131. The molecule has 0 amide bonds. The van der Waals surface area contributed by atoms with Crippen molar-refractivity contribution in [1.29, 1.82) is 0 Å². The van der Waals surface area contributed by atoms with Crippen LogP contribution in [0.2, 0.25) is 0 Å². The van der Waals surface area contributed by atoms with Gasteiger partial charge in [0.2, 0.25) is 0 Å². The Morgan fingerprint density at radius 1 is 0.692 bits per heavy atom. The van der Waals surface area contributed by atoms with Crippen molar-refractivity contribution in [3.8, 4) is 11.4 Å². The van der Waals surface area contributed by atoms with Gasteiger partial charge < -0.3 is 19.5 Å². The van der Waals surface area contributed by atoms with Gasteiger partial charge >= 0.3 is 0 Å². The number of dihydropyridines is 1. The number of aromatic nitrogens is 3. The van der Waals surface area contributed by atoms with Gasteiger partial charge in [0.05, 0.1) is 49.6 Å². The largest absolute Gasteiger partial charge is 0.379 e. The third-order valence-corrected chi connectivity index (χ3v) is 6.46. The summed E-state index contributed by atoms with van der Waals surface area (Å²) < 4.78 is 17.1. The number of aryl methyl sites for hydroxylation is 3. The molecule has 0 fully saturated rings. The van der Waals surface area contributed by atoms with Crippen molar-refractivity contribution < 1.29 is 14.2 Å². The Morgan fingerprint density at radius 3 is 2.03 bits per heavy atom. The van der Waals surface area contributed by atoms with Crippen molar-refractivity contribution in [2.45, 2.75) is 45.6 Å². The number of ether oxygens (including phenoxy) is 3. The molecule has 0 aliphatic carbocycles. The van der Waals surface area contributed by atoms with Crippen molar-refractivity contribution >= 4 is 0 Å². The van der Waals surface area contributed by atoms with Crippen LogP contribution in [0.3, 0.4) is 0 Å². The summed E-state index contributed by atoms with van der Waals surface area (Å²) >= 11 is 0. The quantitative estimate of drug-likeness (QED) is 0.239. The predicted octanol–water partition coefficient (Wildman–Crippen LogP) is 5.70. The molecule has 0 aromatic carbocycles. The highest BCUT2D eigenvalue weighted by atomic mass is 16.5. The Hall–Kier alpha value is -3.39. The first-order valence-electron chi connectivity index (χ1n) is 13.8. The monoisotopic (exact) mass is 528 g/mol. The van der Waals surface area contributed by atoms with E-state index in [9.17, 15) is 0 Å². The second-order valence-electron chi connectivity index (χ2n) is 9.79. The normalized spacial score (nSPS) is 14.7. The summed E-state index contributed by atoms with van der Waals surface area (Å²) in [5.74, 6) is 0. The van der Waals surface area contributed by atoms with Gasteiger partial charge in [0.1, 0.15) is 0 Å². The molecule has 3 aromatic rings. The summed E-state index contributed by atoms with van der Waals surface area (Å²) in [6, 6.07) is 12.5. The lowest BCUT2D eigenvalue weighted by atomic mass is 10.0. The maximum absolute atomic E-state index is 5.74. The first kappa shape index (κ1) is 28.6. The van der Waals surface area contributed by atoms with Gasteiger partial charge in [-0.2, -0.15) is 0 Å².